The summed E-state index contributed by atoms with van der Waals surface area (Å²) in [5.41, 5.74) is 8.38. The van der Waals surface area contributed by atoms with Crippen LogP contribution in [-0.4, -0.2) is 11.4 Å². The van der Waals surface area contributed by atoms with Crippen molar-refractivity contribution in [2.75, 3.05) is 5.32 Å². The van der Waals surface area contributed by atoms with Crippen LogP contribution in [0.5, 0.6) is 0 Å². The molecule has 0 atom stereocenters. The Bertz CT molecular complexity index is 508. The van der Waals surface area contributed by atoms with Crippen LogP contribution in [0.3, 0.4) is 0 Å². The van der Waals surface area contributed by atoms with Crippen LogP contribution in [-0.2, 0) is 4.79 Å². The average Bonchev–Trinajstić information content (AvgIpc) is 2.49. The molecule has 4 rings (SSSR count). The topological polar surface area (TPSA) is 55.1 Å². The number of hydrogen-bond donors (Lipinski definition) is 2. The van der Waals surface area contributed by atoms with Gasteiger partial charge in [-0.15, -0.1) is 0 Å². The summed E-state index contributed by atoms with van der Waals surface area (Å²) in [6.07, 6.45) is 5.81. The highest BCUT2D eigenvalue weighted by Crippen LogP contribution is 2.51. The van der Waals surface area contributed by atoms with Gasteiger partial charge in [0.05, 0.1) is 0 Å². The monoisotopic (exact) mass is 286 g/mol. The van der Waals surface area contributed by atoms with E-state index in [0.717, 1.165) is 44.2 Å². The predicted molar refractivity (Wildman–Crippen MR) is 86.2 cm³/mol. The molecule has 114 valence electrons. The van der Waals surface area contributed by atoms with Crippen molar-refractivity contribution in [2.24, 2.45) is 11.1 Å². The molecule has 0 aliphatic heterocycles. The Morgan fingerprint density at radius 1 is 1.05 bits per heavy atom. The molecule has 3 saturated carbocycles. The first-order chi connectivity index (χ1) is 9.92. The van der Waals surface area contributed by atoms with Crippen LogP contribution in [0.2, 0.25) is 0 Å². The van der Waals surface area contributed by atoms with Crippen LogP contribution in [0.4, 0.5) is 5.69 Å². The molecule has 3 fully saturated rings. The summed E-state index contributed by atoms with van der Waals surface area (Å²) in [6.45, 7) is 4.35. The van der Waals surface area contributed by atoms with E-state index in [9.17, 15) is 4.79 Å². The molecule has 0 radical (unpaired) electrons. The standard InChI is InChI=1S/C18H26N2O/c1-13(2)14-3-5-15(6-4-14)20-16(21)17-7-10-18(19,11-8-17)12-9-17/h3-6,13H,7-12,19H2,1-2H3,(H,20,21). The van der Waals surface area contributed by atoms with Crippen molar-refractivity contribution in [2.45, 2.75) is 63.8 Å². The van der Waals surface area contributed by atoms with Crippen LogP contribution < -0.4 is 11.1 Å². The fourth-order valence-electron chi connectivity index (χ4n) is 3.77. The number of amides is 1. The van der Waals surface area contributed by atoms with Gasteiger partial charge in [0.25, 0.3) is 0 Å². The third kappa shape index (κ3) is 2.71. The molecule has 0 heterocycles. The summed E-state index contributed by atoms with van der Waals surface area (Å²) in [7, 11) is 0. The smallest absolute Gasteiger partial charge is 0.230 e. The first kappa shape index (κ1) is 14.6. The zero-order chi connectivity index (χ0) is 15.1. The van der Waals surface area contributed by atoms with Crippen molar-refractivity contribution >= 4 is 11.6 Å². The van der Waals surface area contributed by atoms with Gasteiger partial charge in [-0.1, -0.05) is 26.0 Å². The van der Waals surface area contributed by atoms with Crippen LogP contribution in [0, 0.1) is 5.41 Å². The Morgan fingerprint density at radius 2 is 1.57 bits per heavy atom. The summed E-state index contributed by atoms with van der Waals surface area (Å²) < 4.78 is 0. The average molecular weight is 286 g/mol. The van der Waals surface area contributed by atoms with Gasteiger partial charge in [-0.05, 0) is 62.1 Å². The van der Waals surface area contributed by atoms with E-state index in [-0.39, 0.29) is 16.9 Å². The molecule has 0 spiro atoms. The van der Waals surface area contributed by atoms with Crippen LogP contribution in [0.25, 0.3) is 0 Å². The van der Waals surface area contributed by atoms with Gasteiger partial charge in [0.2, 0.25) is 5.91 Å². The number of hydrogen-bond acceptors (Lipinski definition) is 2. The maximum atomic E-state index is 12.7. The zero-order valence-corrected chi connectivity index (χ0v) is 13.1. The number of nitrogens with two attached hydrogens (primary N) is 1. The fraction of sp³-hybridized carbons (Fsp3) is 0.611. The second-order valence-corrected chi connectivity index (χ2v) is 7.37. The number of carbonyl (C=O) groups excluding carboxylic acids is 1. The van der Waals surface area contributed by atoms with Crippen molar-refractivity contribution in [3.63, 3.8) is 0 Å². The lowest BCUT2D eigenvalue weighted by Gasteiger charge is -2.50. The minimum Gasteiger partial charge on any atom is -0.326 e. The van der Waals surface area contributed by atoms with Crippen molar-refractivity contribution in [3.8, 4) is 0 Å². The Labute approximate surface area is 127 Å². The summed E-state index contributed by atoms with van der Waals surface area (Å²) in [6, 6.07) is 8.24. The number of anilines is 1. The normalized spacial score (nSPS) is 31.4. The lowest BCUT2D eigenvalue weighted by Crippen LogP contribution is -2.55. The fourth-order valence-corrected chi connectivity index (χ4v) is 3.77. The van der Waals surface area contributed by atoms with Crippen LogP contribution in [0.15, 0.2) is 24.3 Å². The highest BCUT2D eigenvalue weighted by Gasteiger charge is 2.50. The van der Waals surface area contributed by atoms with Crippen LogP contribution >= 0.6 is 0 Å². The van der Waals surface area contributed by atoms with Crippen molar-refractivity contribution in [1.82, 2.24) is 0 Å². The molecule has 21 heavy (non-hydrogen) atoms. The van der Waals surface area contributed by atoms with Gasteiger partial charge in [0, 0.05) is 16.6 Å². The van der Waals surface area contributed by atoms with E-state index in [1.807, 2.05) is 12.1 Å². The van der Waals surface area contributed by atoms with E-state index in [0.29, 0.717) is 5.92 Å². The SMILES string of the molecule is CC(C)c1ccc(NC(=O)C23CCC(N)(CC2)CC3)cc1. The Balaban J connectivity index is 1.69. The first-order valence-corrected chi connectivity index (χ1v) is 8.13. The first-order valence-electron chi connectivity index (χ1n) is 8.13. The number of carbonyl (C=O) groups is 1. The van der Waals surface area contributed by atoms with E-state index < -0.39 is 0 Å². The van der Waals surface area contributed by atoms with E-state index in [1.165, 1.54) is 5.56 Å². The summed E-state index contributed by atoms with van der Waals surface area (Å²) in [4.78, 5) is 12.7. The van der Waals surface area contributed by atoms with Gasteiger partial charge in [0.15, 0.2) is 0 Å². The molecule has 0 aromatic heterocycles. The third-order valence-corrected chi connectivity index (χ3v) is 5.62. The summed E-state index contributed by atoms with van der Waals surface area (Å²) in [5.74, 6) is 0.712. The molecule has 3 nitrogen and oxygen atoms in total. The molecule has 1 aromatic carbocycles. The molecule has 0 saturated heterocycles. The highest BCUT2D eigenvalue weighted by molar-refractivity contribution is 5.95. The molecule has 1 amide bonds. The zero-order valence-electron chi connectivity index (χ0n) is 13.1. The molecule has 1 aromatic rings. The molecule has 2 bridgehead atoms. The minimum absolute atomic E-state index is 0.0148. The molecular formula is C18H26N2O. The number of rotatable bonds is 3. The Hall–Kier alpha value is -1.35. The minimum atomic E-state index is -0.169. The molecule has 3 heteroatoms. The van der Waals surface area contributed by atoms with E-state index in [4.69, 9.17) is 5.73 Å². The summed E-state index contributed by atoms with van der Waals surface area (Å²) in [5, 5.41) is 3.13. The van der Waals surface area contributed by atoms with Crippen molar-refractivity contribution in [1.29, 1.82) is 0 Å². The molecular weight excluding hydrogens is 260 g/mol. The molecule has 3 aliphatic carbocycles. The maximum absolute atomic E-state index is 12.7. The van der Waals surface area contributed by atoms with Gasteiger partial charge < -0.3 is 11.1 Å². The molecule has 0 unspecified atom stereocenters. The van der Waals surface area contributed by atoms with Gasteiger partial charge in [-0.25, -0.2) is 0 Å². The van der Waals surface area contributed by atoms with E-state index in [1.54, 1.807) is 0 Å². The Kier molecular flexibility index (Phi) is 3.56. The van der Waals surface area contributed by atoms with Gasteiger partial charge >= 0.3 is 0 Å². The second-order valence-electron chi connectivity index (χ2n) is 7.37. The Morgan fingerprint density at radius 3 is 2.05 bits per heavy atom. The van der Waals surface area contributed by atoms with Gasteiger partial charge in [0.1, 0.15) is 0 Å². The van der Waals surface area contributed by atoms with Crippen LogP contribution in [0.1, 0.15) is 63.9 Å². The molecule has 3 N–H and O–H groups in total. The van der Waals surface area contributed by atoms with E-state index >= 15 is 0 Å². The lowest BCUT2D eigenvalue weighted by atomic mass is 9.57. The van der Waals surface area contributed by atoms with E-state index in [2.05, 4.69) is 31.3 Å². The quantitative estimate of drug-likeness (QED) is 0.888. The largest absolute Gasteiger partial charge is 0.326 e. The third-order valence-electron chi connectivity index (χ3n) is 5.62. The highest BCUT2D eigenvalue weighted by atomic mass is 16.2. The maximum Gasteiger partial charge on any atom is 0.230 e. The van der Waals surface area contributed by atoms with Gasteiger partial charge in [-0.3, -0.25) is 4.79 Å². The number of benzene rings is 1. The summed E-state index contributed by atoms with van der Waals surface area (Å²) >= 11 is 0. The predicted octanol–water partition coefficient (Wildman–Crippen LogP) is 3.80. The number of fused-ring (bicyclic) bond motifs is 3. The second kappa shape index (κ2) is 5.13. The lowest BCUT2D eigenvalue weighted by molar-refractivity contribution is -0.131. The number of nitrogens with one attached hydrogen (secondary N) is 1. The van der Waals surface area contributed by atoms with Gasteiger partial charge in [-0.2, -0.15) is 0 Å². The van der Waals surface area contributed by atoms with Crippen molar-refractivity contribution in [3.05, 3.63) is 29.8 Å². The van der Waals surface area contributed by atoms with Crippen molar-refractivity contribution < 1.29 is 4.79 Å². The molecule has 3 aliphatic rings.